The lowest BCUT2D eigenvalue weighted by Gasteiger charge is -2.70. The van der Waals surface area contributed by atoms with Gasteiger partial charge in [-0.25, -0.2) is 4.39 Å². The number of benzene rings is 1. The van der Waals surface area contributed by atoms with Crippen LogP contribution in [0.1, 0.15) is 24.8 Å². The summed E-state index contributed by atoms with van der Waals surface area (Å²) in [5.41, 5.74) is -1.23. The molecule has 0 saturated heterocycles. The van der Waals surface area contributed by atoms with Crippen LogP contribution < -0.4 is 15.4 Å². The number of pyridine rings is 1. The lowest BCUT2D eigenvalue weighted by atomic mass is 9.44. The van der Waals surface area contributed by atoms with Crippen molar-refractivity contribution in [3.63, 3.8) is 0 Å². The standard InChI is InChI=1S/C19H16ClF4N3O2/c20-14-2-1-13(4-15(14)21)29-7-16(28)27-18-8-17(9-18,10-18)26-12-3-11(5-25-6-12)19(22,23)24/h1-6,26H,7-10H2,(H,27,28). The second-order valence-corrected chi connectivity index (χ2v) is 8.00. The van der Waals surface area contributed by atoms with Gasteiger partial charge in [0, 0.05) is 29.5 Å². The summed E-state index contributed by atoms with van der Waals surface area (Å²) in [5, 5.41) is 5.95. The van der Waals surface area contributed by atoms with E-state index in [1.807, 2.05) is 0 Å². The van der Waals surface area contributed by atoms with Gasteiger partial charge in [0.05, 0.1) is 16.3 Å². The van der Waals surface area contributed by atoms with Crippen LogP contribution in [0.15, 0.2) is 36.7 Å². The van der Waals surface area contributed by atoms with Gasteiger partial charge in [-0.2, -0.15) is 13.2 Å². The molecule has 2 aromatic rings. The minimum atomic E-state index is -4.45. The first kappa shape index (κ1) is 19.8. The minimum absolute atomic E-state index is 0.0376. The number of nitrogens with zero attached hydrogens (tertiary/aromatic N) is 1. The number of carbonyl (C=O) groups is 1. The van der Waals surface area contributed by atoms with Gasteiger partial charge in [0.2, 0.25) is 0 Å². The van der Waals surface area contributed by atoms with Crippen molar-refractivity contribution in [2.45, 2.75) is 36.5 Å². The summed E-state index contributed by atoms with van der Waals surface area (Å²) in [6.07, 6.45) is -0.541. The molecule has 0 spiro atoms. The fourth-order valence-corrected chi connectivity index (χ4v) is 4.19. The minimum Gasteiger partial charge on any atom is -0.484 e. The molecular formula is C19H16ClF4N3O2. The van der Waals surface area contributed by atoms with Crippen molar-refractivity contribution < 1.29 is 27.1 Å². The predicted octanol–water partition coefficient (Wildman–Crippen LogP) is 4.18. The largest absolute Gasteiger partial charge is 0.484 e. The van der Waals surface area contributed by atoms with Gasteiger partial charge in [-0.15, -0.1) is 0 Å². The van der Waals surface area contributed by atoms with Gasteiger partial charge < -0.3 is 15.4 Å². The van der Waals surface area contributed by atoms with Crippen molar-refractivity contribution in [1.82, 2.24) is 10.3 Å². The molecule has 3 fully saturated rings. The van der Waals surface area contributed by atoms with Crippen LogP contribution in [0.5, 0.6) is 5.75 Å². The second-order valence-electron chi connectivity index (χ2n) is 7.59. The molecule has 0 aliphatic heterocycles. The van der Waals surface area contributed by atoms with E-state index in [1.54, 1.807) is 0 Å². The van der Waals surface area contributed by atoms with Gasteiger partial charge in [0.1, 0.15) is 11.6 Å². The summed E-state index contributed by atoms with van der Waals surface area (Å²) in [4.78, 5) is 15.7. The van der Waals surface area contributed by atoms with E-state index in [0.29, 0.717) is 24.9 Å². The average Bonchev–Trinajstić information content (AvgIpc) is 2.59. The van der Waals surface area contributed by atoms with Crippen LogP contribution in [0.25, 0.3) is 0 Å². The number of nitrogens with one attached hydrogen (secondary N) is 2. The molecule has 5 rings (SSSR count). The first-order valence-corrected chi connectivity index (χ1v) is 9.15. The normalized spacial score (nSPS) is 24.9. The number of aromatic nitrogens is 1. The highest BCUT2D eigenvalue weighted by molar-refractivity contribution is 6.30. The second kappa shape index (κ2) is 6.76. The summed E-state index contributed by atoms with van der Waals surface area (Å²) in [5.74, 6) is -0.801. The number of ether oxygens (including phenoxy) is 1. The van der Waals surface area contributed by atoms with E-state index in [-0.39, 0.29) is 34.4 Å². The SMILES string of the molecule is O=C(COc1ccc(Cl)c(F)c1)NC12CC(Nc3cncc(C(F)(F)F)c3)(C1)C2. The van der Waals surface area contributed by atoms with Gasteiger partial charge in [0.15, 0.2) is 6.61 Å². The van der Waals surface area contributed by atoms with Gasteiger partial charge in [0.25, 0.3) is 5.91 Å². The Labute approximate surface area is 168 Å². The highest BCUT2D eigenvalue weighted by atomic mass is 35.5. The van der Waals surface area contributed by atoms with E-state index in [4.69, 9.17) is 16.3 Å². The number of anilines is 1. The van der Waals surface area contributed by atoms with Crippen LogP contribution in [0.4, 0.5) is 23.2 Å². The van der Waals surface area contributed by atoms with E-state index >= 15 is 0 Å². The lowest BCUT2D eigenvalue weighted by Crippen LogP contribution is -2.81. The van der Waals surface area contributed by atoms with E-state index in [9.17, 15) is 22.4 Å². The first-order valence-electron chi connectivity index (χ1n) is 8.78. The molecule has 3 aliphatic carbocycles. The topological polar surface area (TPSA) is 63.2 Å². The van der Waals surface area contributed by atoms with Crippen molar-refractivity contribution in [2.75, 3.05) is 11.9 Å². The summed E-state index contributed by atoms with van der Waals surface area (Å²) in [6, 6.07) is 4.92. The molecule has 0 atom stereocenters. The molecule has 2 N–H and O–H groups in total. The van der Waals surface area contributed by atoms with Crippen LogP contribution in [-0.2, 0) is 11.0 Å². The maximum absolute atomic E-state index is 13.4. The highest BCUT2D eigenvalue weighted by Gasteiger charge is 2.68. The fourth-order valence-electron chi connectivity index (χ4n) is 4.07. The number of rotatable bonds is 6. The smallest absolute Gasteiger partial charge is 0.417 e. The Morgan fingerprint density at radius 1 is 1.17 bits per heavy atom. The third kappa shape index (κ3) is 3.96. The Bertz CT molecular complexity index is 947. The molecule has 0 radical (unpaired) electrons. The molecule has 0 unspecified atom stereocenters. The Balaban J connectivity index is 1.27. The van der Waals surface area contributed by atoms with Gasteiger partial charge in [-0.05, 0) is 37.5 Å². The van der Waals surface area contributed by atoms with Gasteiger partial charge >= 0.3 is 6.18 Å². The molecule has 1 amide bonds. The zero-order valence-electron chi connectivity index (χ0n) is 14.9. The third-order valence-corrected chi connectivity index (χ3v) is 5.48. The average molecular weight is 430 g/mol. The Hall–Kier alpha value is -2.55. The van der Waals surface area contributed by atoms with Gasteiger partial charge in [-0.1, -0.05) is 11.6 Å². The number of hydrogen-bond acceptors (Lipinski definition) is 4. The summed E-state index contributed by atoms with van der Waals surface area (Å²) >= 11 is 5.59. The fraction of sp³-hybridized carbons (Fsp3) is 0.368. The molecule has 5 nitrogen and oxygen atoms in total. The van der Waals surface area contributed by atoms with Gasteiger partial charge in [-0.3, -0.25) is 9.78 Å². The van der Waals surface area contributed by atoms with E-state index in [1.165, 1.54) is 18.3 Å². The quantitative estimate of drug-likeness (QED) is 0.676. The molecule has 3 aliphatic rings. The van der Waals surface area contributed by atoms with Crippen molar-refractivity contribution in [3.05, 3.63) is 53.1 Å². The molecule has 29 heavy (non-hydrogen) atoms. The molecule has 154 valence electrons. The number of amides is 1. The van der Waals surface area contributed by atoms with Crippen molar-refractivity contribution in [2.24, 2.45) is 0 Å². The Kier molecular flexibility index (Phi) is 4.60. The van der Waals surface area contributed by atoms with E-state index < -0.39 is 17.6 Å². The number of carbonyl (C=O) groups excluding carboxylic acids is 1. The third-order valence-electron chi connectivity index (χ3n) is 5.17. The Morgan fingerprint density at radius 2 is 1.90 bits per heavy atom. The highest BCUT2D eigenvalue weighted by Crippen LogP contribution is 2.61. The Morgan fingerprint density at radius 3 is 2.55 bits per heavy atom. The molecule has 1 aromatic carbocycles. The molecule has 1 aromatic heterocycles. The molecule has 2 bridgehead atoms. The molecule has 3 saturated carbocycles. The molecule has 10 heteroatoms. The van der Waals surface area contributed by atoms with Crippen molar-refractivity contribution in [1.29, 1.82) is 0 Å². The van der Waals surface area contributed by atoms with Crippen LogP contribution in [0, 0.1) is 5.82 Å². The van der Waals surface area contributed by atoms with Crippen molar-refractivity contribution >= 4 is 23.2 Å². The lowest BCUT2D eigenvalue weighted by molar-refractivity contribution is -0.138. The zero-order chi connectivity index (χ0) is 20.9. The number of alkyl halides is 3. The molecule has 1 heterocycles. The maximum Gasteiger partial charge on any atom is 0.417 e. The van der Waals surface area contributed by atoms with E-state index in [0.717, 1.165) is 18.3 Å². The first-order chi connectivity index (χ1) is 13.6. The summed E-state index contributed by atoms with van der Waals surface area (Å²) < 4.78 is 57.0. The van der Waals surface area contributed by atoms with Crippen molar-refractivity contribution in [3.8, 4) is 5.75 Å². The van der Waals surface area contributed by atoms with Crippen LogP contribution in [0.3, 0.4) is 0 Å². The van der Waals surface area contributed by atoms with Crippen LogP contribution in [0.2, 0.25) is 5.02 Å². The predicted molar refractivity (Wildman–Crippen MR) is 97.2 cm³/mol. The van der Waals surface area contributed by atoms with Crippen LogP contribution in [-0.4, -0.2) is 28.6 Å². The molecular weight excluding hydrogens is 414 g/mol. The van der Waals surface area contributed by atoms with Crippen LogP contribution >= 0.6 is 11.6 Å². The summed E-state index contributed by atoms with van der Waals surface area (Å²) in [6.45, 7) is -0.277. The number of hydrogen-bond donors (Lipinski definition) is 2. The maximum atomic E-state index is 13.4. The monoisotopic (exact) mass is 429 g/mol. The zero-order valence-corrected chi connectivity index (χ0v) is 15.7. The number of halogens is 5. The van der Waals surface area contributed by atoms with E-state index in [2.05, 4.69) is 15.6 Å². The summed E-state index contributed by atoms with van der Waals surface area (Å²) in [7, 11) is 0.